The van der Waals surface area contributed by atoms with Gasteiger partial charge in [0.2, 0.25) is 0 Å². The molecule has 0 bridgehead atoms. The highest BCUT2D eigenvalue weighted by Gasteiger charge is 2.05. The number of hydrogen-bond donors (Lipinski definition) is 0. The highest BCUT2D eigenvalue weighted by Crippen LogP contribution is 2.10. The van der Waals surface area contributed by atoms with Gasteiger partial charge in [0.1, 0.15) is 0 Å². The van der Waals surface area contributed by atoms with E-state index in [1.807, 2.05) is 0 Å². The number of rotatable bonds is 11. The summed E-state index contributed by atoms with van der Waals surface area (Å²) in [5.74, 6) is 6.79. The Kier molecular flexibility index (Phi) is 10.3. The van der Waals surface area contributed by atoms with Crippen LogP contribution in [0.25, 0.3) is 0 Å². The van der Waals surface area contributed by atoms with E-state index in [0.717, 1.165) is 26.1 Å². The summed E-state index contributed by atoms with van der Waals surface area (Å²) < 4.78 is 0. The van der Waals surface area contributed by atoms with Gasteiger partial charge in [0.15, 0.2) is 0 Å². The quantitative estimate of drug-likeness (QED) is 0.334. The highest BCUT2D eigenvalue weighted by molar-refractivity contribution is 5.17. The lowest BCUT2D eigenvalue weighted by molar-refractivity contribution is 0.290. The van der Waals surface area contributed by atoms with Crippen LogP contribution in [0.5, 0.6) is 0 Å². The molecule has 0 unspecified atom stereocenters. The highest BCUT2D eigenvalue weighted by atomic mass is 15.1. The van der Waals surface area contributed by atoms with Gasteiger partial charge in [-0.05, 0) is 17.5 Å². The van der Waals surface area contributed by atoms with Crippen molar-refractivity contribution < 1.29 is 0 Å². The number of benzene rings is 2. The summed E-state index contributed by atoms with van der Waals surface area (Å²) in [4.78, 5) is 2.43. The fourth-order valence-electron chi connectivity index (χ4n) is 3.10. The molecule has 0 atom stereocenters. The van der Waals surface area contributed by atoms with Gasteiger partial charge < -0.3 is 0 Å². The molecule has 1 nitrogen and oxygen atoms in total. The second-order valence-electron chi connectivity index (χ2n) is 6.99. The molecular formula is C25H33N. The van der Waals surface area contributed by atoms with Crippen molar-refractivity contribution in [3.63, 3.8) is 0 Å². The average Bonchev–Trinajstić information content (AvgIpc) is 2.68. The molecule has 0 saturated carbocycles. The summed E-state index contributed by atoms with van der Waals surface area (Å²) in [5.41, 5.74) is 2.70. The van der Waals surface area contributed by atoms with Crippen molar-refractivity contribution in [3.05, 3.63) is 71.8 Å². The maximum atomic E-state index is 3.40. The van der Waals surface area contributed by atoms with E-state index in [-0.39, 0.29) is 0 Å². The average molecular weight is 348 g/mol. The predicted molar refractivity (Wildman–Crippen MR) is 113 cm³/mol. The summed E-state index contributed by atoms with van der Waals surface area (Å²) >= 11 is 0. The van der Waals surface area contributed by atoms with Crippen LogP contribution in [0.15, 0.2) is 60.7 Å². The zero-order chi connectivity index (χ0) is 18.3. The largest absolute Gasteiger partial charge is 0.284 e. The van der Waals surface area contributed by atoms with Crippen LogP contribution in [0.1, 0.15) is 63.0 Å². The molecule has 0 aliphatic rings. The molecule has 0 radical (unpaired) electrons. The Hall–Kier alpha value is -2.04. The Morgan fingerprint density at radius 3 is 1.77 bits per heavy atom. The molecule has 138 valence electrons. The first-order valence-corrected chi connectivity index (χ1v) is 10.1. The van der Waals surface area contributed by atoms with Gasteiger partial charge in [0.05, 0.1) is 6.54 Å². The topological polar surface area (TPSA) is 3.24 Å². The standard InChI is InChI=1S/C25H33N/c1-2-3-4-5-6-7-8-9-16-21-26(22-24-17-12-10-13-18-24)23-25-19-14-11-15-20-25/h10-15,17-20H,2-8,21-23H2,1H3. The summed E-state index contributed by atoms with van der Waals surface area (Å²) in [6, 6.07) is 21.4. The molecule has 0 spiro atoms. The van der Waals surface area contributed by atoms with E-state index >= 15 is 0 Å². The minimum atomic E-state index is 0.833. The maximum absolute atomic E-state index is 3.40. The third-order valence-electron chi connectivity index (χ3n) is 4.58. The van der Waals surface area contributed by atoms with Crippen LogP contribution in [0.2, 0.25) is 0 Å². The molecule has 26 heavy (non-hydrogen) atoms. The molecular weight excluding hydrogens is 314 g/mol. The monoisotopic (exact) mass is 347 g/mol. The van der Waals surface area contributed by atoms with Crippen LogP contribution in [-0.2, 0) is 13.1 Å². The molecule has 0 heterocycles. The second kappa shape index (κ2) is 13.2. The molecule has 2 rings (SSSR count). The Morgan fingerprint density at radius 1 is 0.654 bits per heavy atom. The predicted octanol–water partition coefficient (Wildman–Crippen LogP) is 6.44. The molecule has 0 aliphatic carbocycles. The zero-order valence-corrected chi connectivity index (χ0v) is 16.3. The van der Waals surface area contributed by atoms with Crippen molar-refractivity contribution in [2.75, 3.05) is 6.54 Å². The normalized spacial score (nSPS) is 10.5. The van der Waals surface area contributed by atoms with E-state index in [2.05, 4.69) is 84.3 Å². The van der Waals surface area contributed by atoms with E-state index in [9.17, 15) is 0 Å². The van der Waals surface area contributed by atoms with Crippen LogP contribution in [0, 0.1) is 11.8 Å². The number of hydrogen-bond acceptors (Lipinski definition) is 1. The molecule has 0 saturated heterocycles. The van der Waals surface area contributed by atoms with Crippen LogP contribution in [-0.4, -0.2) is 11.4 Å². The Morgan fingerprint density at radius 2 is 1.19 bits per heavy atom. The van der Waals surface area contributed by atoms with Crippen molar-refractivity contribution in [3.8, 4) is 11.8 Å². The summed E-state index contributed by atoms with van der Waals surface area (Å²) in [7, 11) is 0. The van der Waals surface area contributed by atoms with E-state index in [0.29, 0.717) is 0 Å². The molecule has 1 heteroatoms. The summed E-state index contributed by atoms with van der Waals surface area (Å²) in [6.07, 6.45) is 9.05. The molecule has 0 N–H and O–H groups in total. The van der Waals surface area contributed by atoms with Gasteiger partial charge in [0.25, 0.3) is 0 Å². The first-order chi connectivity index (χ1) is 12.9. The second-order valence-corrected chi connectivity index (χ2v) is 6.99. The SMILES string of the molecule is CCCCCCCCC#CCN(Cc1ccccc1)Cc1ccccc1. The van der Waals surface area contributed by atoms with E-state index in [1.54, 1.807) is 0 Å². The fraction of sp³-hybridized carbons (Fsp3) is 0.440. The van der Waals surface area contributed by atoms with Gasteiger partial charge in [0, 0.05) is 19.5 Å². The zero-order valence-electron chi connectivity index (χ0n) is 16.3. The molecule has 0 fully saturated rings. The van der Waals surface area contributed by atoms with Crippen LogP contribution < -0.4 is 0 Å². The molecule has 2 aromatic carbocycles. The van der Waals surface area contributed by atoms with Crippen molar-refractivity contribution in [2.45, 2.75) is 65.0 Å². The summed E-state index contributed by atoms with van der Waals surface area (Å²) in [5, 5.41) is 0. The summed E-state index contributed by atoms with van der Waals surface area (Å²) in [6.45, 7) is 4.99. The molecule has 0 amide bonds. The first-order valence-electron chi connectivity index (χ1n) is 10.1. The van der Waals surface area contributed by atoms with Gasteiger partial charge in [-0.3, -0.25) is 4.90 Å². The van der Waals surface area contributed by atoms with E-state index < -0.39 is 0 Å². The molecule has 0 aromatic heterocycles. The minimum absolute atomic E-state index is 0.833. The minimum Gasteiger partial charge on any atom is -0.284 e. The van der Waals surface area contributed by atoms with Crippen LogP contribution in [0.4, 0.5) is 0 Å². The third kappa shape index (κ3) is 8.88. The lowest BCUT2D eigenvalue weighted by Gasteiger charge is -2.20. The Labute approximate surface area is 160 Å². The first kappa shape index (κ1) is 20.3. The lowest BCUT2D eigenvalue weighted by Crippen LogP contribution is -2.23. The van der Waals surface area contributed by atoms with E-state index in [4.69, 9.17) is 0 Å². The smallest absolute Gasteiger partial charge is 0.0607 e. The van der Waals surface area contributed by atoms with E-state index in [1.165, 1.54) is 49.7 Å². The fourth-order valence-corrected chi connectivity index (χ4v) is 3.10. The third-order valence-corrected chi connectivity index (χ3v) is 4.58. The van der Waals surface area contributed by atoms with Crippen molar-refractivity contribution in [1.82, 2.24) is 4.90 Å². The number of nitrogens with zero attached hydrogens (tertiary/aromatic N) is 1. The van der Waals surface area contributed by atoms with Gasteiger partial charge in [-0.25, -0.2) is 0 Å². The van der Waals surface area contributed by atoms with Gasteiger partial charge >= 0.3 is 0 Å². The van der Waals surface area contributed by atoms with Gasteiger partial charge in [-0.15, -0.1) is 5.92 Å². The van der Waals surface area contributed by atoms with Crippen molar-refractivity contribution in [1.29, 1.82) is 0 Å². The molecule has 0 aliphatic heterocycles. The number of unbranched alkanes of at least 4 members (excludes halogenated alkanes) is 6. The Balaban J connectivity index is 1.79. The van der Waals surface area contributed by atoms with Gasteiger partial charge in [-0.1, -0.05) is 106 Å². The maximum Gasteiger partial charge on any atom is 0.0607 e. The van der Waals surface area contributed by atoms with Crippen LogP contribution >= 0.6 is 0 Å². The van der Waals surface area contributed by atoms with Crippen molar-refractivity contribution >= 4 is 0 Å². The van der Waals surface area contributed by atoms with Crippen LogP contribution in [0.3, 0.4) is 0 Å². The van der Waals surface area contributed by atoms with Crippen molar-refractivity contribution in [2.24, 2.45) is 0 Å². The Bertz CT molecular complexity index is 595. The molecule has 2 aromatic rings. The van der Waals surface area contributed by atoms with Gasteiger partial charge in [-0.2, -0.15) is 0 Å². The lowest BCUT2D eigenvalue weighted by atomic mass is 10.1.